The van der Waals surface area contributed by atoms with Crippen molar-refractivity contribution in [3.8, 4) is 5.75 Å². The van der Waals surface area contributed by atoms with Crippen LogP contribution in [0.3, 0.4) is 0 Å². The lowest BCUT2D eigenvalue weighted by Gasteiger charge is -2.06. The number of carbonyl (C=O) groups is 1. The number of ether oxygens (including phenoxy) is 1. The van der Waals surface area contributed by atoms with E-state index < -0.39 is 16.9 Å². The van der Waals surface area contributed by atoms with Gasteiger partial charge in [0.1, 0.15) is 5.75 Å². The molecule has 0 spiro atoms. The maximum Gasteiger partial charge on any atom is 0.341 e. The van der Waals surface area contributed by atoms with Crippen LogP contribution in [-0.2, 0) is 4.79 Å². The summed E-state index contributed by atoms with van der Waals surface area (Å²) in [4.78, 5) is 10.2. The number of carboxylic acid groups (broad SMARTS) is 1. The normalized spacial score (nSPS) is 9.72. The number of halogens is 6. The molecule has 0 aromatic heterocycles. The van der Waals surface area contributed by atoms with Crippen LogP contribution >= 0.6 is 69.6 Å². The van der Waals surface area contributed by atoms with Gasteiger partial charge in [0.15, 0.2) is 10.9 Å². The Hall–Kier alpha value is 0.230. The van der Waals surface area contributed by atoms with Crippen LogP contribution in [0.15, 0.2) is 12.1 Å². The largest absolute Gasteiger partial charge is 0.480 e. The second kappa shape index (κ2) is 9.18. The summed E-state index contributed by atoms with van der Waals surface area (Å²) in [5, 5.41) is 9.14. The molecule has 0 saturated carbocycles. The molecule has 0 radical (unpaired) electrons. The maximum atomic E-state index is 10.2. The van der Waals surface area contributed by atoms with Crippen molar-refractivity contribution in [2.75, 3.05) is 6.61 Å². The number of aliphatic carboxylic acids is 1. The highest BCUT2D eigenvalue weighted by Gasteiger charge is 2.08. The van der Waals surface area contributed by atoms with Crippen LogP contribution in [0.1, 0.15) is 0 Å². The number of carboxylic acids is 1. The minimum atomic E-state index is -1.09. The molecular weight excluding hydrogens is 369 g/mol. The van der Waals surface area contributed by atoms with E-state index in [9.17, 15) is 4.79 Å². The molecule has 0 fully saturated rings. The van der Waals surface area contributed by atoms with Crippen LogP contribution in [0.25, 0.3) is 0 Å². The van der Waals surface area contributed by atoms with E-state index in [2.05, 4.69) is 0 Å². The molecule has 3 nitrogen and oxygen atoms in total. The van der Waals surface area contributed by atoms with Crippen molar-refractivity contribution in [1.82, 2.24) is 0 Å². The fourth-order valence-electron chi connectivity index (χ4n) is 0.754. The first kappa shape index (κ1) is 18.2. The molecule has 9 heteroatoms. The zero-order valence-corrected chi connectivity index (χ0v) is 13.0. The first-order valence-electron chi connectivity index (χ1n) is 4.15. The Bertz CT molecular complexity index is 407. The summed E-state index contributed by atoms with van der Waals surface area (Å²) in [6.07, 6.45) is 0. The van der Waals surface area contributed by atoms with Gasteiger partial charge in [-0.25, -0.2) is 4.79 Å². The van der Waals surface area contributed by atoms with Gasteiger partial charge in [-0.15, -0.1) is 0 Å². The van der Waals surface area contributed by atoms with Gasteiger partial charge in [0.05, 0.1) is 15.1 Å². The van der Waals surface area contributed by atoms with E-state index in [0.717, 1.165) is 0 Å². The SMILES string of the molecule is ClC(Cl)Cl.O=C(O)COc1cc(Cl)c(Cl)cc1Cl. The molecule has 1 N–H and O–H groups in total. The lowest BCUT2D eigenvalue weighted by atomic mass is 10.3. The lowest BCUT2D eigenvalue weighted by molar-refractivity contribution is -0.139. The van der Waals surface area contributed by atoms with Crippen molar-refractivity contribution in [2.45, 2.75) is 4.30 Å². The fraction of sp³-hybridized carbons (Fsp3) is 0.222. The highest BCUT2D eigenvalue weighted by molar-refractivity contribution is 6.63. The van der Waals surface area contributed by atoms with Crippen molar-refractivity contribution in [2.24, 2.45) is 0 Å². The Morgan fingerprint density at radius 1 is 1.11 bits per heavy atom. The van der Waals surface area contributed by atoms with Gasteiger partial charge in [-0.05, 0) is 6.07 Å². The van der Waals surface area contributed by atoms with E-state index in [4.69, 9.17) is 79.4 Å². The van der Waals surface area contributed by atoms with Crippen LogP contribution in [0.5, 0.6) is 5.75 Å². The van der Waals surface area contributed by atoms with Gasteiger partial charge in [0.25, 0.3) is 0 Å². The van der Waals surface area contributed by atoms with Crippen molar-refractivity contribution < 1.29 is 14.6 Å². The van der Waals surface area contributed by atoms with Gasteiger partial charge >= 0.3 is 5.97 Å². The third-order valence-electron chi connectivity index (χ3n) is 1.33. The highest BCUT2D eigenvalue weighted by Crippen LogP contribution is 2.33. The van der Waals surface area contributed by atoms with Gasteiger partial charge < -0.3 is 9.84 Å². The molecule has 0 bridgehead atoms. The number of benzene rings is 1. The van der Waals surface area contributed by atoms with E-state index in [-0.39, 0.29) is 15.8 Å². The molecule has 0 unspecified atom stereocenters. The van der Waals surface area contributed by atoms with Crippen molar-refractivity contribution in [3.63, 3.8) is 0 Å². The number of rotatable bonds is 3. The third-order valence-corrected chi connectivity index (χ3v) is 2.34. The molecule has 18 heavy (non-hydrogen) atoms. The summed E-state index contributed by atoms with van der Waals surface area (Å²) < 4.78 is 4.11. The maximum absolute atomic E-state index is 10.2. The molecule has 0 saturated heterocycles. The Labute approximate surface area is 133 Å². The molecule has 0 aliphatic heterocycles. The van der Waals surface area contributed by atoms with Gasteiger partial charge in [0.2, 0.25) is 0 Å². The third kappa shape index (κ3) is 8.35. The van der Waals surface area contributed by atoms with Gasteiger partial charge in [-0.3, -0.25) is 0 Å². The Morgan fingerprint density at radius 2 is 1.56 bits per heavy atom. The first-order chi connectivity index (χ1) is 8.23. The average Bonchev–Trinajstić information content (AvgIpc) is 2.20. The van der Waals surface area contributed by atoms with E-state index in [0.29, 0.717) is 5.02 Å². The number of hydrogen-bond acceptors (Lipinski definition) is 2. The van der Waals surface area contributed by atoms with Gasteiger partial charge in [-0.1, -0.05) is 69.6 Å². The Morgan fingerprint density at radius 3 is 2.00 bits per heavy atom. The zero-order chi connectivity index (χ0) is 14.3. The Kier molecular flexibility index (Phi) is 9.30. The number of alkyl halides is 3. The van der Waals surface area contributed by atoms with Crippen molar-refractivity contribution in [3.05, 3.63) is 27.2 Å². The highest BCUT2D eigenvalue weighted by atomic mass is 35.6. The molecule has 1 aromatic rings. The van der Waals surface area contributed by atoms with E-state index in [1.54, 1.807) is 0 Å². The first-order valence-corrected chi connectivity index (χ1v) is 6.59. The van der Waals surface area contributed by atoms with Crippen LogP contribution in [0.4, 0.5) is 0 Å². The second-order valence-electron chi connectivity index (χ2n) is 2.63. The predicted octanol–water partition coefficient (Wildman–Crippen LogP) is 5.10. The summed E-state index contributed by atoms with van der Waals surface area (Å²) >= 11 is 31.5. The standard InChI is InChI=1S/C8H5Cl3O3.CHCl3/c9-4-1-6(11)7(2-5(4)10)14-3-8(12)13;2-1(3)4/h1-2H,3H2,(H,12,13);1H. The summed E-state index contributed by atoms with van der Waals surface area (Å²) in [7, 11) is 0. The van der Waals surface area contributed by atoms with E-state index in [1.807, 2.05) is 0 Å². The quantitative estimate of drug-likeness (QED) is 0.591. The molecule has 0 atom stereocenters. The van der Waals surface area contributed by atoms with Crippen LogP contribution in [0.2, 0.25) is 15.1 Å². The second-order valence-corrected chi connectivity index (χ2v) is 5.83. The smallest absolute Gasteiger partial charge is 0.341 e. The summed E-state index contributed by atoms with van der Waals surface area (Å²) in [6.45, 7) is -0.475. The molecule has 0 heterocycles. The summed E-state index contributed by atoms with van der Waals surface area (Å²) in [5.41, 5.74) is 0. The van der Waals surface area contributed by atoms with E-state index in [1.165, 1.54) is 12.1 Å². The number of hydrogen-bond donors (Lipinski definition) is 1. The molecule has 0 aliphatic rings. The topological polar surface area (TPSA) is 46.5 Å². The minimum absolute atomic E-state index is 0.198. The molecular formula is C9H6Cl6O3. The molecule has 0 amide bonds. The van der Waals surface area contributed by atoms with Crippen molar-refractivity contribution >= 4 is 75.6 Å². The van der Waals surface area contributed by atoms with Crippen molar-refractivity contribution in [1.29, 1.82) is 0 Å². The molecule has 102 valence electrons. The molecule has 0 aliphatic carbocycles. The molecule has 1 aromatic carbocycles. The zero-order valence-electron chi connectivity index (χ0n) is 8.47. The minimum Gasteiger partial charge on any atom is -0.480 e. The van der Waals surface area contributed by atoms with Gasteiger partial charge in [0, 0.05) is 6.07 Å². The fourth-order valence-corrected chi connectivity index (χ4v) is 1.35. The monoisotopic (exact) mass is 372 g/mol. The van der Waals surface area contributed by atoms with Crippen LogP contribution in [0, 0.1) is 0 Å². The van der Waals surface area contributed by atoms with Crippen LogP contribution < -0.4 is 4.74 Å². The average molecular weight is 375 g/mol. The summed E-state index contributed by atoms with van der Waals surface area (Å²) in [5.74, 6) is -0.893. The summed E-state index contributed by atoms with van der Waals surface area (Å²) in [6, 6.07) is 2.76. The lowest BCUT2D eigenvalue weighted by Crippen LogP contribution is -2.09. The predicted molar refractivity (Wildman–Crippen MR) is 75.9 cm³/mol. The molecule has 1 rings (SSSR count). The van der Waals surface area contributed by atoms with Crippen LogP contribution in [-0.4, -0.2) is 22.0 Å². The van der Waals surface area contributed by atoms with Gasteiger partial charge in [-0.2, -0.15) is 0 Å². The van der Waals surface area contributed by atoms with E-state index >= 15 is 0 Å². The Balaban J connectivity index is 0.000000631.